The molecule has 0 aliphatic rings. The summed E-state index contributed by atoms with van der Waals surface area (Å²) in [5, 5.41) is 14.8. The molecule has 0 spiro atoms. The van der Waals surface area contributed by atoms with Crippen LogP contribution in [0, 0.1) is 0 Å². The van der Waals surface area contributed by atoms with Crippen LogP contribution in [0.3, 0.4) is 0 Å². The van der Waals surface area contributed by atoms with E-state index in [9.17, 15) is 4.79 Å². The number of para-hydroxylation sites is 2. The molecule has 2 aromatic carbocycles. The van der Waals surface area contributed by atoms with Gasteiger partial charge in [-0.25, -0.2) is 0 Å². The number of carbonyl (C=O) groups is 1. The van der Waals surface area contributed by atoms with Gasteiger partial charge in [-0.2, -0.15) is 4.68 Å². The van der Waals surface area contributed by atoms with E-state index in [0.29, 0.717) is 11.5 Å². The average molecular weight is 353 g/mol. The van der Waals surface area contributed by atoms with Crippen molar-refractivity contribution in [1.82, 2.24) is 20.2 Å². The standard InChI is InChI=1S/C18H19N5OS/c1-2-14-8-6-7-11-16(14)19-18(24)13-25-12-17-20-21-22-23(17)15-9-4-3-5-10-15/h3-11H,2,12-13H2,1H3,(H,19,24). The summed E-state index contributed by atoms with van der Waals surface area (Å²) in [5.41, 5.74) is 2.92. The van der Waals surface area contributed by atoms with Gasteiger partial charge in [-0.1, -0.05) is 43.3 Å². The van der Waals surface area contributed by atoms with Gasteiger partial charge < -0.3 is 5.32 Å². The fraction of sp³-hybridized carbons (Fsp3) is 0.222. The van der Waals surface area contributed by atoms with Crippen LogP contribution in [-0.2, 0) is 17.0 Å². The Hall–Kier alpha value is -2.67. The smallest absolute Gasteiger partial charge is 0.234 e. The summed E-state index contributed by atoms with van der Waals surface area (Å²) in [4.78, 5) is 12.2. The lowest BCUT2D eigenvalue weighted by Gasteiger charge is -2.09. The third-order valence-corrected chi connectivity index (χ3v) is 4.60. The molecule has 0 saturated heterocycles. The molecule has 128 valence electrons. The highest BCUT2D eigenvalue weighted by atomic mass is 32.2. The van der Waals surface area contributed by atoms with Crippen molar-refractivity contribution in [2.45, 2.75) is 19.1 Å². The van der Waals surface area contributed by atoms with Gasteiger partial charge in [0.25, 0.3) is 0 Å². The molecule has 0 saturated carbocycles. The quantitative estimate of drug-likeness (QED) is 0.707. The highest BCUT2D eigenvalue weighted by molar-refractivity contribution is 7.99. The van der Waals surface area contributed by atoms with Gasteiger partial charge in [-0.15, -0.1) is 16.9 Å². The summed E-state index contributed by atoms with van der Waals surface area (Å²) >= 11 is 1.49. The Kier molecular flexibility index (Phi) is 5.79. The van der Waals surface area contributed by atoms with Crippen LogP contribution in [0.2, 0.25) is 0 Å². The van der Waals surface area contributed by atoms with Crippen LogP contribution in [-0.4, -0.2) is 31.9 Å². The number of nitrogens with one attached hydrogen (secondary N) is 1. The first kappa shape index (κ1) is 17.2. The van der Waals surface area contributed by atoms with Gasteiger partial charge in [0.2, 0.25) is 5.91 Å². The van der Waals surface area contributed by atoms with Crippen molar-refractivity contribution >= 4 is 23.4 Å². The third kappa shape index (κ3) is 4.45. The van der Waals surface area contributed by atoms with Crippen molar-refractivity contribution in [1.29, 1.82) is 0 Å². The zero-order valence-corrected chi connectivity index (χ0v) is 14.7. The Morgan fingerprint density at radius 3 is 2.68 bits per heavy atom. The van der Waals surface area contributed by atoms with Crippen molar-refractivity contribution < 1.29 is 4.79 Å². The zero-order chi connectivity index (χ0) is 17.5. The van der Waals surface area contributed by atoms with Gasteiger partial charge >= 0.3 is 0 Å². The summed E-state index contributed by atoms with van der Waals surface area (Å²) in [5.74, 6) is 1.60. The maximum Gasteiger partial charge on any atom is 0.234 e. The Bertz CT molecular complexity index is 834. The predicted molar refractivity (Wildman–Crippen MR) is 99.8 cm³/mol. The third-order valence-electron chi connectivity index (χ3n) is 3.67. The fourth-order valence-electron chi connectivity index (χ4n) is 2.44. The summed E-state index contributed by atoms with van der Waals surface area (Å²) in [6.45, 7) is 2.07. The molecule has 6 nitrogen and oxygen atoms in total. The van der Waals surface area contributed by atoms with Gasteiger partial charge in [0.15, 0.2) is 5.82 Å². The molecule has 1 amide bonds. The fourth-order valence-corrected chi connectivity index (χ4v) is 3.16. The topological polar surface area (TPSA) is 72.7 Å². The van der Waals surface area contributed by atoms with Crippen LogP contribution < -0.4 is 5.32 Å². The molecule has 0 bridgehead atoms. The number of nitrogens with zero attached hydrogens (tertiary/aromatic N) is 4. The molecule has 3 rings (SSSR count). The van der Waals surface area contributed by atoms with Crippen molar-refractivity contribution in [3.63, 3.8) is 0 Å². The maximum atomic E-state index is 12.2. The SMILES string of the molecule is CCc1ccccc1NC(=O)CSCc1nnnn1-c1ccccc1. The van der Waals surface area contributed by atoms with E-state index in [2.05, 4.69) is 27.8 Å². The molecule has 1 aromatic heterocycles. The van der Waals surface area contributed by atoms with Gasteiger partial charge in [0.1, 0.15) is 0 Å². The summed E-state index contributed by atoms with van der Waals surface area (Å²) in [6.07, 6.45) is 0.884. The number of thioether (sulfide) groups is 1. The Morgan fingerprint density at radius 1 is 1.12 bits per heavy atom. The number of amides is 1. The van der Waals surface area contributed by atoms with Crippen LogP contribution in [0.15, 0.2) is 54.6 Å². The maximum absolute atomic E-state index is 12.2. The van der Waals surface area contributed by atoms with Gasteiger partial charge in [-0.3, -0.25) is 4.79 Å². The number of benzene rings is 2. The summed E-state index contributed by atoms with van der Waals surface area (Å²) < 4.78 is 1.69. The number of rotatable bonds is 7. The lowest BCUT2D eigenvalue weighted by Crippen LogP contribution is -2.15. The van der Waals surface area contributed by atoms with Crippen LogP contribution >= 0.6 is 11.8 Å². The molecule has 0 aliphatic carbocycles. The summed E-state index contributed by atoms with van der Waals surface area (Å²) in [6, 6.07) is 17.6. The molecule has 0 atom stereocenters. The van der Waals surface area contributed by atoms with Crippen LogP contribution in [0.5, 0.6) is 0 Å². The van der Waals surface area contributed by atoms with Crippen molar-refractivity contribution in [3.05, 3.63) is 66.0 Å². The number of aryl methyl sites for hydroxylation is 1. The molecule has 0 aliphatic heterocycles. The highest BCUT2D eigenvalue weighted by Gasteiger charge is 2.10. The van der Waals surface area contributed by atoms with E-state index in [1.807, 2.05) is 54.6 Å². The predicted octanol–water partition coefficient (Wildman–Crippen LogP) is 3.10. The number of anilines is 1. The molecule has 0 fully saturated rings. The Morgan fingerprint density at radius 2 is 1.88 bits per heavy atom. The largest absolute Gasteiger partial charge is 0.325 e. The lowest BCUT2D eigenvalue weighted by atomic mass is 10.1. The molecular weight excluding hydrogens is 334 g/mol. The van der Waals surface area contributed by atoms with E-state index in [0.717, 1.165) is 29.2 Å². The molecule has 3 aromatic rings. The number of aromatic nitrogens is 4. The van der Waals surface area contributed by atoms with E-state index in [1.165, 1.54) is 11.8 Å². The zero-order valence-electron chi connectivity index (χ0n) is 13.9. The Labute approximate surface area is 150 Å². The number of tetrazole rings is 1. The van der Waals surface area contributed by atoms with Crippen molar-refractivity contribution in [2.24, 2.45) is 0 Å². The second kappa shape index (κ2) is 8.43. The average Bonchev–Trinajstić information content (AvgIpc) is 3.11. The van der Waals surface area contributed by atoms with E-state index in [1.54, 1.807) is 4.68 Å². The lowest BCUT2D eigenvalue weighted by molar-refractivity contribution is -0.113. The van der Waals surface area contributed by atoms with Crippen molar-refractivity contribution in [3.8, 4) is 5.69 Å². The van der Waals surface area contributed by atoms with E-state index < -0.39 is 0 Å². The molecule has 25 heavy (non-hydrogen) atoms. The second-order valence-electron chi connectivity index (χ2n) is 5.39. The molecule has 7 heteroatoms. The first-order valence-electron chi connectivity index (χ1n) is 8.06. The number of hydrogen-bond acceptors (Lipinski definition) is 5. The first-order valence-corrected chi connectivity index (χ1v) is 9.21. The van der Waals surface area contributed by atoms with Crippen LogP contribution in [0.4, 0.5) is 5.69 Å². The van der Waals surface area contributed by atoms with Gasteiger partial charge in [-0.05, 0) is 40.6 Å². The number of carbonyl (C=O) groups excluding carboxylic acids is 1. The van der Waals surface area contributed by atoms with Crippen LogP contribution in [0.1, 0.15) is 18.3 Å². The minimum Gasteiger partial charge on any atom is -0.325 e. The molecular formula is C18H19N5OS. The Balaban J connectivity index is 1.55. The van der Waals surface area contributed by atoms with Crippen molar-refractivity contribution in [2.75, 3.05) is 11.1 Å². The van der Waals surface area contributed by atoms with Crippen LogP contribution in [0.25, 0.3) is 5.69 Å². The first-order chi connectivity index (χ1) is 12.3. The monoisotopic (exact) mass is 353 g/mol. The second-order valence-corrected chi connectivity index (χ2v) is 6.38. The van der Waals surface area contributed by atoms with E-state index in [4.69, 9.17) is 0 Å². The molecule has 1 N–H and O–H groups in total. The minimum atomic E-state index is -0.0235. The molecule has 1 heterocycles. The molecule has 0 radical (unpaired) electrons. The van der Waals surface area contributed by atoms with Gasteiger partial charge in [0, 0.05) is 5.69 Å². The normalized spacial score (nSPS) is 10.6. The van der Waals surface area contributed by atoms with Gasteiger partial charge in [0.05, 0.1) is 17.2 Å². The molecule has 0 unspecified atom stereocenters. The summed E-state index contributed by atoms with van der Waals surface area (Å²) in [7, 11) is 0. The minimum absolute atomic E-state index is 0.0235. The van der Waals surface area contributed by atoms with E-state index in [-0.39, 0.29) is 5.91 Å². The highest BCUT2D eigenvalue weighted by Crippen LogP contribution is 2.17. The number of hydrogen-bond donors (Lipinski definition) is 1. The van der Waals surface area contributed by atoms with E-state index >= 15 is 0 Å².